The topological polar surface area (TPSA) is 38.3 Å². The molecular weight excluding hydrogens is 298 g/mol. The van der Waals surface area contributed by atoms with E-state index in [2.05, 4.69) is 5.32 Å². The van der Waals surface area contributed by atoms with Gasteiger partial charge in [-0.25, -0.2) is 0 Å². The van der Waals surface area contributed by atoms with Crippen LogP contribution in [-0.4, -0.2) is 12.0 Å². The summed E-state index contributed by atoms with van der Waals surface area (Å²) in [7, 11) is 0. The molecule has 0 fully saturated rings. The maximum Gasteiger partial charge on any atom is 0.265 e. The second-order valence-electron chi connectivity index (χ2n) is 5.41. The summed E-state index contributed by atoms with van der Waals surface area (Å²) in [4.78, 5) is 12.3. The minimum absolute atomic E-state index is 0.205. The van der Waals surface area contributed by atoms with Crippen molar-refractivity contribution in [2.75, 3.05) is 5.32 Å². The van der Waals surface area contributed by atoms with Crippen LogP contribution in [0.5, 0.6) is 5.75 Å². The Morgan fingerprint density at radius 1 is 1.14 bits per heavy atom. The van der Waals surface area contributed by atoms with E-state index in [-0.39, 0.29) is 5.91 Å². The van der Waals surface area contributed by atoms with E-state index in [1.807, 2.05) is 45.0 Å². The van der Waals surface area contributed by atoms with Crippen LogP contribution in [-0.2, 0) is 4.79 Å². The van der Waals surface area contributed by atoms with Crippen LogP contribution in [0.4, 0.5) is 5.69 Å². The lowest BCUT2D eigenvalue weighted by Gasteiger charge is -2.16. The van der Waals surface area contributed by atoms with Crippen LogP contribution in [0.25, 0.3) is 0 Å². The zero-order valence-corrected chi connectivity index (χ0v) is 14.0. The van der Waals surface area contributed by atoms with Gasteiger partial charge in [0.1, 0.15) is 5.75 Å². The van der Waals surface area contributed by atoms with Crippen molar-refractivity contribution in [2.45, 2.75) is 33.8 Å². The van der Waals surface area contributed by atoms with Crippen LogP contribution in [0.15, 0.2) is 36.4 Å². The van der Waals surface area contributed by atoms with Gasteiger partial charge in [0.15, 0.2) is 6.10 Å². The molecule has 0 spiro atoms. The predicted octanol–water partition coefficient (Wildman–Crippen LogP) is 4.67. The smallest absolute Gasteiger partial charge is 0.265 e. The third-order valence-electron chi connectivity index (χ3n) is 3.69. The number of amides is 1. The van der Waals surface area contributed by atoms with E-state index < -0.39 is 6.10 Å². The fourth-order valence-electron chi connectivity index (χ4n) is 2.02. The maximum atomic E-state index is 12.3. The minimum Gasteiger partial charge on any atom is -0.481 e. The molecule has 0 aliphatic carbocycles. The molecule has 0 heterocycles. The lowest BCUT2D eigenvalue weighted by atomic mass is 10.1. The molecule has 116 valence electrons. The molecule has 1 N–H and O–H groups in total. The highest BCUT2D eigenvalue weighted by atomic mass is 35.5. The molecule has 0 aliphatic rings. The average molecular weight is 318 g/mol. The Labute approximate surface area is 136 Å². The summed E-state index contributed by atoms with van der Waals surface area (Å²) in [5.74, 6) is 0.483. The summed E-state index contributed by atoms with van der Waals surface area (Å²) < 4.78 is 5.71. The molecule has 0 bridgehead atoms. The summed E-state index contributed by atoms with van der Waals surface area (Å²) in [6.45, 7) is 7.65. The van der Waals surface area contributed by atoms with Gasteiger partial charge in [-0.1, -0.05) is 23.7 Å². The summed E-state index contributed by atoms with van der Waals surface area (Å²) >= 11 is 6.06. The number of carbonyl (C=O) groups is 1. The zero-order chi connectivity index (χ0) is 16.3. The van der Waals surface area contributed by atoms with Gasteiger partial charge >= 0.3 is 0 Å². The largest absolute Gasteiger partial charge is 0.481 e. The van der Waals surface area contributed by atoms with Crippen LogP contribution in [0, 0.1) is 20.8 Å². The number of benzene rings is 2. The van der Waals surface area contributed by atoms with Crippen LogP contribution in [0.2, 0.25) is 5.02 Å². The van der Waals surface area contributed by atoms with Crippen molar-refractivity contribution >= 4 is 23.2 Å². The summed E-state index contributed by atoms with van der Waals surface area (Å²) in [5, 5.41) is 3.47. The van der Waals surface area contributed by atoms with Gasteiger partial charge in [0.05, 0.1) is 0 Å². The van der Waals surface area contributed by atoms with Gasteiger partial charge in [0.25, 0.3) is 5.91 Å². The lowest BCUT2D eigenvalue weighted by Crippen LogP contribution is -2.30. The van der Waals surface area contributed by atoms with Gasteiger partial charge in [-0.2, -0.15) is 0 Å². The monoisotopic (exact) mass is 317 g/mol. The Kier molecular flexibility index (Phi) is 5.09. The van der Waals surface area contributed by atoms with Crippen molar-refractivity contribution in [2.24, 2.45) is 0 Å². The fraction of sp³-hybridized carbons (Fsp3) is 0.278. The summed E-state index contributed by atoms with van der Waals surface area (Å²) in [5.41, 5.74) is 3.87. The Bertz CT molecular complexity index is 697. The molecule has 0 saturated carbocycles. The van der Waals surface area contributed by atoms with Crippen LogP contribution >= 0.6 is 11.6 Å². The van der Waals surface area contributed by atoms with E-state index in [0.717, 1.165) is 11.1 Å². The van der Waals surface area contributed by atoms with Crippen LogP contribution in [0.1, 0.15) is 23.6 Å². The Morgan fingerprint density at radius 3 is 2.55 bits per heavy atom. The molecule has 2 rings (SSSR count). The molecule has 2 aromatic rings. The van der Waals surface area contributed by atoms with E-state index in [0.29, 0.717) is 16.5 Å². The Balaban J connectivity index is 2.06. The van der Waals surface area contributed by atoms with Crippen molar-refractivity contribution < 1.29 is 9.53 Å². The molecule has 3 nitrogen and oxygen atoms in total. The highest BCUT2D eigenvalue weighted by Crippen LogP contribution is 2.23. The van der Waals surface area contributed by atoms with Crippen molar-refractivity contribution in [3.63, 3.8) is 0 Å². The van der Waals surface area contributed by atoms with Gasteiger partial charge in [-0.05, 0) is 68.7 Å². The van der Waals surface area contributed by atoms with Gasteiger partial charge < -0.3 is 10.1 Å². The van der Waals surface area contributed by atoms with E-state index in [1.54, 1.807) is 19.1 Å². The van der Waals surface area contributed by atoms with Crippen molar-refractivity contribution in [3.05, 3.63) is 58.1 Å². The molecule has 2 aromatic carbocycles. The van der Waals surface area contributed by atoms with Gasteiger partial charge in [-0.3, -0.25) is 4.79 Å². The third-order valence-corrected chi connectivity index (χ3v) is 4.10. The molecule has 0 radical (unpaired) electrons. The fourth-order valence-corrected chi connectivity index (χ4v) is 2.20. The maximum absolute atomic E-state index is 12.3. The molecular formula is C18H20ClNO2. The summed E-state index contributed by atoms with van der Waals surface area (Å²) in [6, 6.07) is 11.2. The number of anilines is 1. The van der Waals surface area contributed by atoms with Gasteiger partial charge in [0, 0.05) is 10.7 Å². The Hall–Kier alpha value is -2.00. The standard InChI is InChI=1S/C18H20ClNO2/c1-11-8-9-15(10-12(11)2)22-14(4)18(21)20-17-7-5-6-16(19)13(17)3/h5-10,14H,1-4H3,(H,20,21). The first-order chi connectivity index (χ1) is 10.4. The first-order valence-electron chi connectivity index (χ1n) is 7.18. The average Bonchev–Trinajstić information content (AvgIpc) is 2.47. The molecule has 0 aliphatic heterocycles. The normalized spacial score (nSPS) is 11.9. The quantitative estimate of drug-likeness (QED) is 0.889. The van der Waals surface area contributed by atoms with E-state index in [9.17, 15) is 4.79 Å². The van der Waals surface area contributed by atoms with Crippen molar-refractivity contribution in [1.29, 1.82) is 0 Å². The molecule has 0 aromatic heterocycles. The molecule has 4 heteroatoms. The van der Waals surface area contributed by atoms with E-state index in [1.165, 1.54) is 5.56 Å². The van der Waals surface area contributed by atoms with Crippen LogP contribution < -0.4 is 10.1 Å². The minimum atomic E-state index is -0.597. The van der Waals surface area contributed by atoms with Gasteiger partial charge in [-0.15, -0.1) is 0 Å². The Morgan fingerprint density at radius 2 is 1.86 bits per heavy atom. The molecule has 1 unspecified atom stereocenters. The number of nitrogens with one attached hydrogen (secondary N) is 1. The van der Waals surface area contributed by atoms with Crippen molar-refractivity contribution in [3.8, 4) is 5.75 Å². The van der Waals surface area contributed by atoms with E-state index >= 15 is 0 Å². The highest BCUT2D eigenvalue weighted by Gasteiger charge is 2.16. The number of hydrogen-bond donors (Lipinski definition) is 1. The number of rotatable bonds is 4. The van der Waals surface area contributed by atoms with E-state index in [4.69, 9.17) is 16.3 Å². The number of aryl methyl sites for hydroxylation is 2. The second kappa shape index (κ2) is 6.84. The lowest BCUT2D eigenvalue weighted by molar-refractivity contribution is -0.122. The number of hydrogen-bond acceptors (Lipinski definition) is 2. The molecule has 22 heavy (non-hydrogen) atoms. The van der Waals surface area contributed by atoms with Gasteiger partial charge in [0.2, 0.25) is 0 Å². The predicted molar refractivity (Wildman–Crippen MR) is 90.8 cm³/mol. The molecule has 0 saturated heterocycles. The third kappa shape index (κ3) is 3.80. The number of halogens is 1. The van der Waals surface area contributed by atoms with Crippen LogP contribution in [0.3, 0.4) is 0 Å². The number of carbonyl (C=O) groups excluding carboxylic acids is 1. The zero-order valence-electron chi connectivity index (χ0n) is 13.2. The molecule has 1 atom stereocenters. The summed E-state index contributed by atoms with van der Waals surface area (Å²) in [6.07, 6.45) is -0.597. The SMILES string of the molecule is Cc1ccc(OC(C)C(=O)Nc2cccc(Cl)c2C)cc1C. The first-order valence-corrected chi connectivity index (χ1v) is 7.56. The molecule has 1 amide bonds. The first kappa shape index (κ1) is 16.4. The number of ether oxygens (including phenoxy) is 1. The second-order valence-corrected chi connectivity index (χ2v) is 5.81. The van der Waals surface area contributed by atoms with Crippen molar-refractivity contribution in [1.82, 2.24) is 0 Å². The highest BCUT2D eigenvalue weighted by molar-refractivity contribution is 6.31.